The van der Waals surface area contributed by atoms with Gasteiger partial charge in [-0.25, -0.2) is 9.97 Å². The predicted molar refractivity (Wildman–Crippen MR) is 79.9 cm³/mol. The predicted octanol–water partition coefficient (Wildman–Crippen LogP) is 1.57. The average molecular weight is 300 g/mol. The van der Waals surface area contributed by atoms with Gasteiger partial charge in [0.05, 0.1) is 5.56 Å². The van der Waals surface area contributed by atoms with E-state index in [1.165, 1.54) is 12.4 Å². The van der Waals surface area contributed by atoms with E-state index in [0.717, 1.165) is 17.9 Å². The molecule has 1 aromatic carbocycles. The van der Waals surface area contributed by atoms with Gasteiger partial charge in [-0.2, -0.15) is 0 Å². The lowest BCUT2D eigenvalue weighted by Crippen LogP contribution is -2.23. The largest absolute Gasteiger partial charge is 0.454 e. The zero-order chi connectivity index (χ0) is 15.4. The molecule has 1 amide bonds. The second-order valence-corrected chi connectivity index (χ2v) is 4.70. The van der Waals surface area contributed by atoms with Gasteiger partial charge in [0.25, 0.3) is 5.91 Å². The van der Waals surface area contributed by atoms with E-state index in [0.29, 0.717) is 23.8 Å². The lowest BCUT2D eigenvalue weighted by atomic mass is 10.2. The molecule has 1 aliphatic rings. The smallest absolute Gasteiger partial charge is 0.254 e. The van der Waals surface area contributed by atoms with E-state index < -0.39 is 0 Å². The molecule has 0 aliphatic carbocycles. The molecule has 0 spiro atoms. The number of carbonyl (C=O) groups excluding carboxylic acids is 1. The van der Waals surface area contributed by atoms with Gasteiger partial charge in [0.2, 0.25) is 12.7 Å². The SMILES string of the molecule is CCNc1ncc(C(=O)NCc2ccc3c(c2)OCO3)cn1. The van der Waals surface area contributed by atoms with E-state index in [-0.39, 0.29) is 12.7 Å². The van der Waals surface area contributed by atoms with E-state index in [1.807, 2.05) is 25.1 Å². The third kappa shape index (κ3) is 3.08. The molecule has 0 radical (unpaired) electrons. The highest BCUT2D eigenvalue weighted by atomic mass is 16.7. The van der Waals surface area contributed by atoms with E-state index in [4.69, 9.17) is 9.47 Å². The number of nitrogens with one attached hydrogen (secondary N) is 2. The summed E-state index contributed by atoms with van der Waals surface area (Å²) in [5, 5.41) is 5.80. The summed E-state index contributed by atoms with van der Waals surface area (Å²) in [6, 6.07) is 5.57. The zero-order valence-corrected chi connectivity index (χ0v) is 12.1. The first kappa shape index (κ1) is 14.1. The maximum atomic E-state index is 12.1. The molecule has 22 heavy (non-hydrogen) atoms. The van der Waals surface area contributed by atoms with Crippen LogP contribution >= 0.6 is 0 Å². The maximum Gasteiger partial charge on any atom is 0.254 e. The van der Waals surface area contributed by atoms with Gasteiger partial charge in [0.15, 0.2) is 11.5 Å². The Morgan fingerprint density at radius 1 is 1.23 bits per heavy atom. The number of fused-ring (bicyclic) bond motifs is 1. The van der Waals surface area contributed by atoms with Crippen LogP contribution in [0.4, 0.5) is 5.95 Å². The second-order valence-electron chi connectivity index (χ2n) is 4.70. The van der Waals surface area contributed by atoms with Gasteiger partial charge in [-0.3, -0.25) is 4.79 Å². The van der Waals surface area contributed by atoms with E-state index in [2.05, 4.69) is 20.6 Å². The van der Waals surface area contributed by atoms with Gasteiger partial charge in [0.1, 0.15) is 0 Å². The van der Waals surface area contributed by atoms with E-state index in [9.17, 15) is 4.79 Å². The molecular weight excluding hydrogens is 284 g/mol. The summed E-state index contributed by atoms with van der Waals surface area (Å²) in [7, 11) is 0. The van der Waals surface area contributed by atoms with E-state index >= 15 is 0 Å². The van der Waals surface area contributed by atoms with Gasteiger partial charge in [-0.1, -0.05) is 6.07 Å². The highest BCUT2D eigenvalue weighted by Crippen LogP contribution is 2.32. The molecule has 1 aliphatic heterocycles. The Morgan fingerprint density at radius 2 is 2.00 bits per heavy atom. The molecular formula is C15H16N4O3. The fourth-order valence-electron chi connectivity index (χ4n) is 2.03. The number of anilines is 1. The van der Waals surface area contributed by atoms with Crippen molar-refractivity contribution in [3.8, 4) is 11.5 Å². The first-order chi connectivity index (χ1) is 10.8. The van der Waals surface area contributed by atoms with Crippen molar-refractivity contribution < 1.29 is 14.3 Å². The monoisotopic (exact) mass is 300 g/mol. The van der Waals surface area contributed by atoms with Crippen LogP contribution in [-0.2, 0) is 6.54 Å². The van der Waals surface area contributed by atoms with Crippen LogP contribution in [-0.4, -0.2) is 29.2 Å². The third-order valence-corrected chi connectivity index (χ3v) is 3.14. The molecule has 0 unspecified atom stereocenters. The van der Waals surface area contributed by atoms with Crippen molar-refractivity contribution in [1.82, 2.24) is 15.3 Å². The Morgan fingerprint density at radius 3 is 2.77 bits per heavy atom. The summed E-state index contributed by atoms with van der Waals surface area (Å²) in [6.07, 6.45) is 3.00. The third-order valence-electron chi connectivity index (χ3n) is 3.14. The summed E-state index contributed by atoms with van der Waals surface area (Å²) in [6.45, 7) is 3.32. The van der Waals surface area contributed by atoms with Crippen LogP contribution in [0.3, 0.4) is 0 Å². The quantitative estimate of drug-likeness (QED) is 0.872. The molecule has 0 bridgehead atoms. The summed E-state index contributed by atoms with van der Waals surface area (Å²) in [5.74, 6) is 1.71. The molecule has 7 heteroatoms. The zero-order valence-electron chi connectivity index (χ0n) is 12.1. The number of ether oxygens (including phenoxy) is 2. The van der Waals surface area contributed by atoms with Crippen LogP contribution in [0.25, 0.3) is 0 Å². The van der Waals surface area contributed by atoms with Crippen molar-refractivity contribution in [3.05, 3.63) is 41.7 Å². The van der Waals surface area contributed by atoms with Gasteiger partial charge in [0, 0.05) is 25.5 Å². The van der Waals surface area contributed by atoms with Crippen molar-refractivity contribution in [2.45, 2.75) is 13.5 Å². The minimum absolute atomic E-state index is 0.222. The number of aromatic nitrogens is 2. The summed E-state index contributed by atoms with van der Waals surface area (Å²) >= 11 is 0. The van der Waals surface area contributed by atoms with Crippen molar-refractivity contribution >= 4 is 11.9 Å². The average Bonchev–Trinajstić information content (AvgIpc) is 3.01. The minimum Gasteiger partial charge on any atom is -0.454 e. The van der Waals surface area contributed by atoms with Crippen molar-refractivity contribution in [2.24, 2.45) is 0 Å². The van der Waals surface area contributed by atoms with Crippen molar-refractivity contribution in [1.29, 1.82) is 0 Å². The Hall–Kier alpha value is -2.83. The topological polar surface area (TPSA) is 85.4 Å². The lowest BCUT2D eigenvalue weighted by Gasteiger charge is -2.06. The first-order valence-corrected chi connectivity index (χ1v) is 6.99. The Balaban J connectivity index is 1.60. The number of hydrogen-bond acceptors (Lipinski definition) is 6. The summed E-state index contributed by atoms with van der Waals surface area (Å²) in [4.78, 5) is 20.2. The van der Waals surface area contributed by atoms with Crippen molar-refractivity contribution in [2.75, 3.05) is 18.7 Å². The molecule has 3 rings (SSSR count). The summed E-state index contributed by atoms with van der Waals surface area (Å²) < 4.78 is 10.6. The van der Waals surface area contributed by atoms with Crippen molar-refractivity contribution in [3.63, 3.8) is 0 Å². The lowest BCUT2D eigenvalue weighted by molar-refractivity contribution is 0.0950. The van der Waals surface area contributed by atoms with Crippen LogP contribution in [0, 0.1) is 0 Å². The Kier molecular flexibility index (Phi) is 4.04. The van der Waals surface area contributed by atoms with Gasteiger partial charge < -0.3 is 20.1 Å². The van der Waals surface area contributed by atoms with Crippen LogP contribution in [0.5, 0.6) is 11.5 Å². The molecule has 0 saturated heterocycles. The van der Waals surface area contributed by atoms with Crippen LogP contribution in [0.15, 0.2) is 30.6 Å². The summed E-state index contributed by atoms with van der Waals surface area (Å²) in [5.41, 5.74) is 1.35. The molecule has 7 nitrogen and oxygen atoms in total. The molecule has 0 atom stereocenters. The number of amides is 1. The molecule has 0 fully saturated rings. The number of rotatable bonds is 5. The molecule has 114 valence electrons. The Labute approximate surface area is 127 Å². The van der Waals surface area contributed by atoms with Crippen LogP contribution in [0.2, 0.25) is 0 Å². The molecule has 2 N–H and O–H groups in total. The fourth-order valence-corrected chi connectivity index (χ4v) is 2.03. The fraction of sp³-hybridized carbons (Fsp3) is 0.267. The van der Waals surface area contributed by atoms with Gasteiger partial charge in [-0.15, -0.1) is 0 Å². The number of benzene rings is 1. The van der Waals surface area contributed by atoms with E-state index in [1.54, 1.807) is 0 Å². The minimum atomic E-state index is -0.222. The standard InChI is InChI=1S/C15H16N4O3/c1-2-16-15-18-7-11(8-19-15)14(20)17-6-10-3-4-12-13(5-10)22-9-21-12/h3-5,7-8H,2,6,9H2,1H3,(H,17,20)(H,16,18,19). The maximum absolute atomic E-state index is 12.1. The molecule has 0 saturated carbocycles. The normalized spacial score (nSPS) is 12.0. The van der Waals surface area contributed by atoms with Gasteiger partial charge >= 0.3 is 0 Å². The molecule has 2 heterocycles. The van der Waals surface area contributed by atoms with Crippen LogP contribution < -0.4 is 20.1 Å². The molecule has 2 aromatic rings. The first-order valence-electron chi connectivity index (χ1n) is 6.99. The molecule has 1 aromatic heterocycles. The second kappa shape index (κ2) is 6.30. The van der Waals surface area contributed by atoms with Crippen LogP contribution in [0.1, 0.15) is 22.8 Å². The number of carbonyl (C=O) groups is 1. The Bertz CT molecular complexity index is 673. The highest BCUT2D eigenvalue weighted by Gasteiger charge is 2.13. The highest BCUT2D eigenvalue weighted by molar-refractivity contribution is 5.93. The van der Waals surface area contributed by atoms with Gasteiger partial charge in [-0.05, 0) is 24.6 Å². The number of hydrogen-bond donors (Lipinski definition) is 2. The number of nitrogens with zero attached hydrogens (tertiary/aromatic N) is 2.